The third-order valence-electron chi connectivity index (χ3n) is 3.33. The highest BCUT2D eigenvalue weighted by molar-refractivity contribution is 6.12. The highest BCUT2D eigenvalue weighted by Crippen LogP contribution is 2.37. The number of rotatable bonds is 1. The zero-order valence-electron chi connectivity index (χ0n) is 10.7. The van der Waals surface area contributed by atoms with Crippen molar-refractivity contribution < 1.29 is 9.53 Å². The first-order valence-corrected chi connectivity index (χ1v) is 6.22. The Morgan fingerprint density at radius 2 is 1.84 bits per heavy atom. The minimum atomic E-state index is -0.385. The minimum Gasteiger partial charge on any atom is -0.480 e. The van der Waals surface area contributed by atoms with Crippen molar-refractivity contribution in [3.05, 3.63) is 77.4 Å². The van der Waals surface area contributed by atoms with Crippen molar-refractivity contribution in [3.8, 4) is 5.75 Å². The predicted octanol–water partition coefficient (Wildman–Crippen LogP) is 3.87. The van der Waals surface area contributed by atoms with Gasteiger partial charge in [0.2, 0.25) is 0 Å². The molecule has 1 aliphatic heterocycles. The number of ketones is 1. The molecule has 1 heterocycles. The second kappa shape index (κ2) is 4.39. The molecule has 94 valence electrons. The van der Waals surface area contributed by atoms with Crippen molar-refractivity contribution in [1.29, 1.82) is 0 Å². The molecule has 0 unspecified atom stereocenters. The molecular weight excluding hydrogens is 236 g/mol. The first-order valence-electron chi connectivity index (χ1n) is 6.22. The Hall–Kier alpha value is -2.35. The minimum absolute atomic E-state index is 0.0289. The average Bonchev–Trinajstić information content (AvgIpc) is 2.44. The van der Waals surface area contributed by atoms with Gasteiger partial charge in [0.15, 0.2) is 11.9 Å². The van der Waals surface area contributed by atoms with E-state index in [1.165, 1.54) is 0 Å². The van der Waals surface area contributed by atoms with Gasteiger partial charge in [-0.1, -0.05) is 48.5 Å². The summed E-state index contributed by atoms with van der Waals surface area (Å²) in [6.07, 6.45) is -0.385. The maximum atomic E-state index is 12.4. The largest absolute Gasteiger partial charge is 0.480 e. The van der Waals surface area contributed by atoms with Gasteiger partial charge in [-0.2, -0.15) is 0 Å². The molecule has 0 bridgehead atoms. The number of aryl methyl sites for hydroxylation is 1. The molecule has 0 saturated heterocycles. The molecule has 0 radical (unpaired) electrons. The van der Waals surface area contributed by atoms with Crippen LogP contribution < -0.4 is 4.74 Å². The van der Waals surface area contributed by atoms with Gasteiger partial charge in [0.25, 0.3) is 0 Å². The van der Waals surface area contributed by atoms with Gasteiger partial charge in [-0.3, -0.25) is 4.79 Å². The van der Waals surface area contributed by atoms with E-state index in [0.717, 1.165) is 11.1 Å². The van der Waals surface area contributed by atoms with Crippen LogP contribution in [0.2, 0.25) is 0 Å². The second-order valence-electron chi connectivity index (χ2n) is 4.76. The van der Waals surface area contributed by atoms with E-state index in [4.69, 9.17) is 4.74 Å². The molecule has 0 spiro atoms. The smallest absolute Gasteiger partial charge is 0.196 e. The first-order chi connectivity index (χ1) is 9.16. The quantitative estimate of drug-likeness (QED) is 0.718. The molecule has 0 aromatic heterocycles. The number of carbonyl (C=O) groups excluding carboxylic acids is 1. The molecule has 2 aromatic carbocycles. The number of Topliss-reactive ketones (excluding diaryl/α,β-unsaturated/α-hetero) is 1. The fourth-order valence-corrected chi connectivity index (χ4v) is 2.31. The Kier molecular flexibility index (Phi) is 2.71. The van der Waals surface area contributed by atoms with Gasteiger partial charge in [-0.25, -0.2) is 0 Å². The monoisotopic (exact) mass is 250 g/mol. The van der Waals surface area contributed by atoms with Gasteiger partial charge in [0.05, 0.1) is 5.56 Å². The zero-order chi connectivity index (χ0) is 13.4. The Balaban J connectivity index is 2.07. The topological polar surface area (TPSA) is 26.3 Å². The van der Waals surface area contributed by atoms with Crippen LogP contribution in [0.25, 0.3) is 0 Å². The van der Waals surface area contributed by atoms with Crippen LogP contribution in [0, 0.1) is 6.92 Å². The first kappa shape index (κ1) is 11.7. The van der Waals surface area contributed by atoms with Crippen molar-refractivity contribution in [2.24, 2.45) is 0 Å². The average molecular weight is 250 g/mol. The number of carbonyl (C=O) groups is 1. The lowest BCUT2D eigenvalue weighted by molar-refractivity contribution is 0.0962. The standard InChI is InChI=1S/C17H14O2/c1-11-8-9-15-14(10-11)16(18)12(2)17(19-15)13-6-4-3-5-7-13/h3-10,17H,2H2,1H3/t17-/m1/s1. The van der Waals surface area contributed by atoms with E-state index in [2.05, 4.69) is 6.58 Å². The molecule has 2 nitrogen and oxygen atoms in total. The van der Waals surface area contributed by atoms with Crippen LogP contribution >= 0.6 is 0 Å². The van der Waals surface area contributed by atoms with Gasteiger partial charge in [0, 0.05) is 5.57 Å². The summed E-state index contributed by atoms with van der Waals surface area (Å²) >= 11 is 0. The Bertz CT molecular complexity index is 656. The van der Waals surface area contributed by atoms with E-state index < -0.39 is 0 Å². The lowest BCUT2D eigenvalue weighted by atomic mass is 9.91. The molecule has 0 amide bonds. The second-order valence-corrected chi connectivity index (χ2v) is 4.76. The van der Waals surface area contributed by atoms with E-state index in [0.29, 0.717) is 16.9 Å². The van der Waals surface area contributed by atoms with E-state index in [1.54, 1.807) is 0 Å². The Labute approximate surface area is 112 Å². The third-order valence-corrected chi connectivity index (χ3v) is 3.33. The highest BCUT2D eigenvalue weighted by atomic mass is 16.5. The van der Waals surface area contributed by atoms with E-state index >= 15 is 0 Å². The van der Waals surface area contributed by atoms with Crippen LogP contribution in [0.3, 0.4) is 0 Å². The van der Waals surface area contributed by atoms with E-state index in [-0.39, 0.29) is 11.9 Å². The molecule has 0 fully saturated rings. The van der Waals surface area contributed by atoms with E-state index in [1.807, 2.05) is 55.5 Å². The molecule has 1 aliphatic rings. The van der Waals surface area contributed by atoms with Crippen molar-refractivity contribution in [2.45, 2.75) is 13.0 Å². The van der Waals surface area contributed by atoms with Crippen molar-refractivity contribution in [3.63, 3.8) is 0 Å². The number of hydrogen-bond donors (Lipinski definition) is 0. The number of benzene rings is 2. The number of ether oxygens (including phenoxy) is 1. The van der Waals surface area contributed by atoms with Crippen LogP contribution in [0.1, 0.15) is 27.6 Å². The molecule has 0 aliphatic carbocycles. The lowest BCUT2D eigenvalue weighted by Crippen LogP contribution is -2.23. The van der Waals surface area contributed by atoms with Gasteiger partial charge < -0.3 is 4.74 Å². The molecule has 0 N–H and O–H groups in total. The van der Waals surface area contributed by atoms with Crippen LogP contribution in [0.15, 0.2) is 60.7 Å². The van der Waals surface area contributed by atoms with Gasteiger partial charge in [-0.05, 0) is 24.6 Å². The maximum absolute atomic E-state index is 12.4. The van der Waals surface area contributed by atoms with Crippen LogP contribution in [-0.2, 0) is 0 Å². The summed E-state index contributed by atoms with van der Waals surface area (Å²) in [6.45, 7) is 5.86. The Morgan fingerprint density at radius 1 is 1.11 bits per heavy atom. The van der Waals surface area contributed by atoms with Crippen molar-refractivity contribution in [1.82, 2.24) is 0 Å². The summed E-state index contributed by atoms with van der Waals surface area (Å²) in [5.74, 6) is 0.607. The zero-order valence-corrected chi connectivity index (χ0v) is 10.7. The summed E-state index contributed by atoms with van der Waals surface area (Å²) in [5.41, 5.74) is 3.09. The molecule has 19 heavy (non-hydrogen) atoms. The molecule has 3 rings (SSSR count). The fourth-order valence-electron chi connectivity index (χ4n) is 2.31. The van der Waals surface area contributed by atoms with Crippen molar-refractivity contribution in [2.75, 3.05) is 0 Å². The van der Waals surface area contributed by atoms with Crippen molar-refractivity contribution >= 4 is 5.78 Å². The van der Waals surface area contributed by atoms with Gasteiger partial charge >= 0.3 is 0 Å². The normalized spacial score (nSPS) is 17.8. The third kappa shape index (κ3) is 1.95. The summed E-state index contributed by atoms with van der Waals surface area (Å²) < 4.78 is 5.94. The van der Waals surface area contributed by atoms with Gasteiger partial charge in [-0.15, -0.1) is 0 Å². The van der Waals surface area contributed by atoms with Crippen LogP contribution in [-0.4, -0.2) is 5.78 Å². The highest BCUT2D eigenvalue weighted by Gasteiger charge is 2.31. The lowest BCUT2D eigenvalue weighted by Gasteiger charge is -2.27. The summed E-state index contributed by atoms with van der Waals surface area (Å²) in [4.78, 5) is 12.4. The molecular formula is C17H14O2. The molecule has 2 aromatic rings. The van der Waals surface area contributed by atoms with Crippen LogP contribution in [0.5, 0.6) is 5.75 Å². The van der Waals surface area contributed by atoms with E-state index in [9.17, 15) is 4.79 Å². The number of fused-ring (bicyclic) bond motifs is 1. The molecule has 0 saturated carbocycles. The summed E-state index contributed by atoms with van der Waals surface area (Å²) in [7, 11) is 0. The fraction of sp³-hybridized carbons (Fsp3) is 0.118. The molecule has 2 heteroatoms. The summed E-state index contributed by atoms with van der Waals surface area (Å²) in [5, 5.41) is 0. The SMILES string of the molecule is C=C1C(=O)c2cc(C)ccc2O[C@H]1c1ccccc1. The van der Waals surface area contributed by atoms with Crippen LogP contribution in [0.4, 0.5) is 0 Å². The van der Waals surface area contributed by atoms with Gasteiger partial charge in [0.1, 0.15) is 5.75 Å². The molecule has 1 atom stereocenters. The number of hydrogen-bond acceptors (Lipinski definition) is 2. The summed E-state index contributed by atoms with van der Waals surface area (Å²) in [6, 6.07) is 15.3. The Morgan fingerprint density at radius 3 is 2.58 bits per heavy atom. The maximum Gasteiger partial charge on any atom is 0.196 e. The predicted molar refractivity (Wildman–Crippen MR) is 74.5 cm³/mol.